The van der Waals surface area contributed by atoms with Gasteiger partial charge in [0.2, 0.25) is 5.75 Å². The van der Waals surface area contributed by atoms with Crippen LogP contribution in [0.25, 0.3) is 0 Å². The highest BCUT2D eigenvalue weighted by molar-refractivity contribution is 9.10. The largest absolute Gasteiger partial charge is 0.471 e. The van der Waals surface area contributed by atoms with Crippen molar-refractivity contribution in [1.82, 2.24) is 0 Å². The van der Waals surface area contributed by atoms with Gasteiger partial charge in [-0.05, 0) is 35.8 Å². The third-order valence-electron chi connectivity index (χ3n) is 2.10. The molecule has 0 aliphatic heterocycles. The van der Waals surface area contributed by atoms with Gasteiger partial charge in [-0.15, -0.1) is 0 Å². The first-order valence-electron chi connectivity index (χ1n) is 5.33. The molecule has 0 radical (unpaired) electrons. The van der Waals surface area contributed by atoms with Crippen LogP contribution in [-0.2, 0) is 9.53 Å². The fourth-order valence-corrected chi connectivity index (χ4v) is 1.80. The van der Waals surface area contributed by atoms with Gasteiger partial charge in [-0.1, -0.05) is 0 Å². The number of carbonyl (C=O) groups is 1. The number of halogens is 2. The summed E-state index contributed by atoms with van der Waals surface area (Å²) in [5.41, 5.74) is -0.567. The Morgan fingerprint density at radius 2 is 2.21 bits per heavy atom. The number of nitro groups is 1. The molecular formula is C11H11BrFNO5. The summed E-state index contributed by atoms with van der Waals surface area (Å²) in [5, 5.41) is 10.8. The Balaban J connectivity index is 3.06. The first kappa shape index (κ1) is 15.4. The van der Waals surface area contributed by atoms with Crippen LogP contribution in [0.4, 0.5) is 10.1 Å². The van der Waals surface area contributed by atoms with Crippen molar-refractivity contribution in [2.75, 3.05) is 6.61 Å². The lowest BCUT2D eigenvalue weighted by molar-refractivity contribution is -0.386. The van der Waals surface area contributed by atoms with Crippen molar-refractivity contribution in [3.05, 3.63) is 32.5 Å². The van der Waals surface area contributed by atoms with Crippen LogP contribution in [0, 0.1) is 15.9 Å². The van der Waals surface area contributed by atoms with Crippen molar-refractivity contribution < 1.29 is 23.6 Å². The molecule has 0 aromatic heterocycles. The number of rotatable bonds is 5. The van der Waals surface area contributed by atoms with E-state index in [9.17, 15) is 19.3 Å². The summed E-state index contributed by atoms with van der Waals surface area (Å²) in [4.78, 5) is 21.4. The smallest absolute Gasteiger partial charge is 0.347 e. The van der Waals surface area contributed by atoms with Crippen LogP contribution in [-0.4, -0.2) is 23.6 Å². The molecule has 0 bridgehead atoms. The van der Waals surface area contributed by atoms with Crippen LogP contribution < -0.4 is 4.74 Å². The number of ether oxygens (including phenoxy) is 2. The first-order chi connectivity index (χ1) is 8.86. The van der Waals surface area contributed by atoms with Gasteiger partial charge in [-0.3, -0.25) is 10.1 Å². The molecule has 0 saturated heterocycles. The standard InChI is InChI=1S/C11H11BrFNO5/c1-3-18-11(15)6(2)19-10-8(12)4-7(13)5-9(10)14(16)17/h4-6H,3H2,1-2H3. The highest BCUT2D eigenvalue weighted by atomic mass is 79.9. The zero-order valence-corrected chi connectivity index (χ0v) is 11.8. The van der Waals surface area contributed by atoms with Gasteiger partial charge in [0, 0.05) is 0 Å². The Labute approximate surface area is 116 Å². The van der Waals surface area contributed by atoms with Crippen LogP contribution in [0.15, 0.2) is 16.6 Å². The second kappa shape index (κ2) is 6.46. The van der Waals surface area contributed by atoms with Crippen molar-refractivity contribution in [2.45, 2.75) is 20.0 Å². The van der Waals surface area contributed by atoms with Crippen LogP contribution in [0.5, 0.6) is 5.75 Å². The number of hydrogen-bond donors (Lipinski definition) is 0. The zero-order chi connectivity index (χ0) is 14.6. The number of esters is 1. The van der Waals surface area contributed by atoms with E-state index in [0.717, 1.165) is 12.1 Å². The van der Waals surface area contributed by atoms with Crippen molar-refractivity contribution >= 4 is 27.6 Å². The third kappa shape index (κ3) is 3.88. The summed E-state index contributed by atoms with van der Waals surface area (Å²) in [5.74, 6) is -1.66. The Morgan fingerprint density at radius 3 is 2.74 bits per heavy atom. The Bertz CT molecular complexity index is 508. The lowest BCUT2D eigenvalue weighted by Crippen LogP contribution is -2.26. The lowest BCUT2D eigenvalue weighted by Gasteiger charge is -2.14. The summed E-state index contributed by atoms with van der Waals surface area (Å²) in [7, 11) is 0. The second-order valence-corrected chi connectivity index (χ2v) is 4.36. The molecule has 1 rings (SSSR count). The molecule has 0 N–H and O–H groups in total. The average molecular weight is 336 g/mol. The first-order valence-corrected chi connectivity index (χ1v) is 6.12. The van der Waals surface area contributed by atoms with Crippen LogP contribution in [0.2, 0.25) is 0 Å². The van der Waals surface area contributed by atoms with E-state index in [2.05, 4.69) is 15.9 Å². The Hall–Kier alpha value is -1.70. The molecule has 0 fully saturated rings. The van der Waals surface area contributed by atoms with E-state index in [-0.39, 0.29) is 16.8 Å². The van der Waals surface area contributed by atoms with E-state index < -0.39 is 28.5 Å². The molecule has 0 heterocycles. The van der Waals surface area contributed by atoms with Gasteiger partial charge in [0.25, 0.3) is 0 Å². The van der Waals surface area contributed by atoms with Gasteiger partial charge in [-0.2, -0.15) is 0 Å². The molecule has 0 spiro atoms. The number of benzene rings is 1. The van der Waals surface area contributed by atoms with E-state index in [1.807, 2.05) is 0 Å². The molecule has 1 aromatic rings. The van der Waals surface area contributed by atoms with Crippen LogP contribution in [0.3, 0.4) is 0 Å². The maximum absolute atomic E-state index is 13.1. The number of nitro benzene ring substituents is 1. The molecule has 0 saturated carbocycles. The van der Waals surface area contributed by atoms with E-state index in [0.29, 0.717) is 0 Å². The minimum atomic E-state index is -1.04. The van der Waals surface area contributed by atoms with E-state index in [1.54, 1.807) is 6.92 Å². The topological polar surface area (TPSA) is 78.7 Å². The fraction of sp³-hybridized carbons (Fsp3) is 0.364. The molecule has 8 heteroatoms. The monoisotopic (exact) mass is 335 g/mol. The quantitative estimate of drug-likeness (QED) is 0.469. The average Bonchev–Trinajstić information content (AvgIpc) is 2.32. The van der Waals surface area contributed by atoms with Crippen molar-refractivity contribution in [1.29, 1.82) is 0 Å². The van der Waals surface area contributed by atoms with Crippen LogP contribution >= 0.6 is 15.9 Å². The number of carbonyl (C=O) groups excluding carboxylic acids is 1. The minimum Gasteiger partial charge on any atom is -0.471 e. The SMILES string of the molecule is CCOC(=O)C(C)Oc1c(Br)cc(F)cc1[N+](=O)[O-]. The van der Waals surface area contributed by atoms with E-state index in [1.165, 1.54) is 6.92 Å². The maximum Gasteiger partial charge on any atom is 0.347 e. The Morgan fingerprint density at radius 1 is 1.58 bits per heavy atom. The minimum absolute atomic E-state index is 0.0512. The molecule has 19 heavy (non-hydrogen) atoms. The predicted molar refractivity (Wildman–Crippen MR) is 67.5 cm³/mol. The van der Waals surface area contributed by atoms with Crippen molar-refractivity contribution in [2.24, 2.45) is 0 Å². The maximum atomic E-state index is 13.1. The van der Waals surface area contributed by atoms with E-state index >= 15 is 0 Å². The zero-order valence-electron chi connectivity index (χ0n) is 10.2. The van der Waals surface area contributed by atoms with Gasteiger partial charge in [-0.25, -0.2) is 9.18 Å². The molecule has 6 nitrogen and oxygen atoms in total. The van der Waals surface area contributed by atoms with Gasteiger partial charge in [0.1, 0.15) is 5.82 Å². The van der Waals surface area contributed by atoms with Gasteiger partial charge in [0.05, 0.1) is 22.1 Å². The van der Waals surface area contributed by atoms with Crippen molar-refractivity contribution in [3.8, 4) is 5.75 Å². The Kier molecular flexibility index (Phi) is 5.22. The van der Waals surface area contributed by atoms with Gasteiger partial charge >= 0.3 is 11.7 Å². The summed E-state index contributed by atoms with van der Waals surface area (Å²) >= 11 is 2.96. The fourth-order valence-electron chi connectivity index (χ4n) is 1.28. The summed E-state index contributed by atoms with van der Waals surface area (Å²) in [6.07, 6.45) is -1.04. The lowest BCUT2D eigenvalue weighted by atomic mass is 10.3. The normalized spacial score (nSPS) is 11.8. The number of hydrogen-bond acceptors (Lipinski definition) is 5. The summed E-state index contributed by atoms with van der Waals surface area (Å²) in [6, 6.07) is 1.73. The summed E-state index contributed by atoms with van der Waals surface area (Å²) in [6.45, 7) is 3.18. The van der Waals surface area contributed by atoms with Gasteiger partial charge < -0.3 is 9.47 Å². The highest BCUT2D eigenvalue weighted by Crippen LogP contribution is 2.36. The van der Waals surface area contributed by atoms with Gasteiger partial charge in [0.15, 0.2) is 6.10 Å². The molecule has 0 aliphatic carbocycles. The van der Waals surface area contributed by atoms with Crippen LogP contribution in [0.1, 0.15) is 13.8 Å². The molecule has 1 aromatic carbocycles. The molecule has 1 unspecified atom stereocenters. The molecular weight excluding hydrogens is 325 g/mol. The molecule has 0 amide bonds. The number of nitrogens with zero attached hydrogens (tertiary/aromatic N) is 1. The molecule has 1 atom stereocenters. The second-order valence-electron chi connectivity index (χ2n) is 3.51. The predicted octanol–water partition coefficient (Wildman–Crippen LogP) is 2.83. The highest BCUT2D eigenvalue weighted by Gasteiger charge is 2.25. The third-order valence-corrected chi connectivity index (χ3v) is 2.69. The molecule has 0 aliphatic rings. The van der Waals surface area contributed by atoms with Crippen molar-refractivity contribution in [3.63, 3.8) is 0 Å². The molecule has 104 valence electrons. The van der Waals surface area contributed by atoms with E-state index in [4.69, 9.17) is 9.47 Å². The summed E-state index contributed by atoms with van der Waals surface area (Å²) < 4.78 is 23.0.